The van der Waals surface area contributed by atoms with E-state index in [1.807, 2.05) is 0 Å². The summed E-state index contributed by atoms with van der Waals surface area (Å²) in [5, 5.41) is 2.19. The summed E-state index contributed by atoms with van der Waals surface area (Å²) >= 11 is 0. The van der Waals surface area contributed by atoms with Crippen LogP contribution in [0, 0.1) is 0 Å². The van der Waals surface area contributed by atoms with Gasteiger partial charge in [0.1, 0.15) is 11.2 Å². The monoisotopic (exact) mass is 813 g/mol. The SMILES string of the molecule is c1ccc(-c2ccc(N(c3ccc4c(c3)C3(c5ccccc5-c5ccccc5-4)c4ccccc4-c4c3ccc3c4-c4ccccc4C3)c3cccc4oc5ccccc5c34)cc2)cc1. The van der Waals surface area contributed by atoms with Gasteiger partial charge in [0.15, 0.2) is 0 Å². The lowest BCUT2D eigenvalue weighted by Crippen LogP contribution is -2.29. The lowest BCUT2D eigenvalue weighted by molar-refractivity contribution is 0.669. The van der Waals surface area contributed by atoms with E-state index >= 15 is 0 Å². The maximum atomic E-state index is 6.57. The van der Waals surface area contributed by atoms with E-state index in [4.69, 9.17) is 4.42 Å². The fraction of sp³-hybridized carbons (Fsp3) is 0.0323. The Bertz CT molecular complexity index is 3710. The van der Waals surface area contributed by atoms with E-state index < -0.39 is 5.41 Å². The molecule has 1 heterocycles. The fourth-order valence-electron chi connectivity index (χ4n) is 11.7. The van der Waals surface area contributed by atoms with Crippen LogP contribution in [-0.2, 0) is 11.8 Å². The van der Waals surface area contributed by atoms with Crippen molar-refractivity contribution in [3.05, 3.63) is 258 Å². The molecule has 1 atom stereocenters. The van der Waals surface area contributed by atoms with Crippen LogP contribution in [0.1, 0.15) is 33.4 Å². The molecule has 1 spiro atoms. The minimum Gasteiger partial charge on any atom is -0.456 e. The predicted molar refractivity (Wildman–Crippen MR) is 264 cm³/mol. The minimum atomic E-state index is -0.642. The highest BCUT2D eigenvalue weighted by molar-refractivity contribution is 6.13. The molecule has 0 N–H and O–H groups in total. The van der Waals surface area contributed by atoms with Crippen molar-refractivity contribution in [2.45, 2.75) is 11.8 Å². The number of fused-ring (bicyclic) bond motifs is 19. The van der Waals surface area contributed by atoms with Gasteiger partial charge in [-0.15, -0.1) is 0 Å². The van der Waals surface area contributed by atoms with E-state index in [1.54, 1.807) is 0 Å². The molecule has 0 saturated carbocycles. The summed E-state index contributed by atoms with van der Waals surface area (Å²) in [5.74, 6) is 0. The zero-order valence-electron chi connectivity index (χ0n) is 34.9. The van der Waals surface area contributed by atoms with Crippen molar-refractivity contribution in [1.82, 2.24) is 0 Å². The fourth-order valence-corrected chi connectivity index (χ4v) is 11.7. The summed E-state index contributed by atoms with van der Waals surface area (Å²) in [7, 11) is 0. The molecule has 0 radical (unpaired) electrons. The molecule has 14 rings (SSSR count). The van der Waals surface area contributed by atoms with Crippen LogP contribution in [-0.4, -0.2) is 0 Å². The molecule has 0 saturated heterocycles. The predicted octanol–water partition coefficient (Wildman–Crippen LogP) is 16.3. The first-order valence-electron chi connectivity index (χ1n) is 22.3. The summed E-state index contributed by atoms with van der Waals surface area (Å²) in [6, 6.07) is 83.3. The van der Waals surface area contributed by atoms with Crippen molar-refractivity contribution in [2.24, 2.45) is 0 Å². The molecule has 1 aromatic heterocycles. The molecule has 11 aromatic rings. The van der Waals surface area contributed by atoms with Crippen molar-refractivity contribution in [1.29, 1.82) is 0 Å². The van der Waals surface area contributed by atoms with Crippen LogP contribution in [0.15, 0.2) is 229 Å². The molecule has 2 nitrogen and oxygen atoms in total. The number of rotatable bonds is 4. The number of hydrogen-bond donors (Lipinski definition) is 0. The number of para-hydroxylation sites is 1. The zero-order valence-corrected chi connectivity index (χ0v) is 34.9. The molecular formula is C62H39NO. The molecule has 10 aromatic carbocycles. The molecule has 1 unspecified atom stereocenters. The highest BCUT2D eigenvalue weighted by Crippen LogP contribution is 2.64. The van der Waals surface area contributed by atoms with Crippen LogP contribution in [0.5, 0.6) is 0 Å². The molecule has 0 amide bonds. The van der Waals surface area contributed by atoms with Gasteiger partial charge in [-0.3, -0.25) is 0 Å². The zero-order chi connectivity index (χ0) is 41.9. The number of nitrogens with zero attached hydrogens (tertiary/aromatic N) is 1. The molecule has 0 fully saturated rings. The quantitative estimate of drug-likeness (QED) is 0.176. The van der Waals surface area contributed by atoms with Crippen molar-refractivity contribution in [2.75, 3.05) is 4.90 Å². The first-order valence-corrected chi connectivity index (χ1v) is 22.3. The smallest absolute Gasteiger partial charge is 0.137 e. The number of hydrogen-bond acceptors (Lipinski definition) is 2. The standard InChI is InChI=1S/C62H39NO/c1-2-15-39(16-3-1)40-29-32-43(33-30-40)63(56-26-14-28-58-61(56)51-23-10-13-27-57(51)64-58)44-34-35-49-47-20-7-6-19-46(47)48-21-8-11-24-52(48)62(55(49)38-44)53-25-12-9-22-50(53)60-54(62)36-31-42-37-41-17-4-5-18-45(41)59(42)60/h1-36,38H,37H2. The Labute approximate surface area is 372 Å². The van der Waals surface area contributed by atoms with Gasteiger partial charge in [-0.25, -0.2) is 0 Å². The third-order valence-electron chi connectivity index (χ3n) is 14.3. The second kappa shape index (κ2) is 13.4. The van der Waals surface area contributed by atoms with E-state index in [0.29, 0.717) is 0 Å². The largest absolute Gasteiger partial charge is 0.456 e. The molecule has 3 aliphatic carbocycles. The Morgan fingerprint density at radius 1 is 0.359 bits per heavy atom. The normalized spacial score (nSPS) is 14.9. The van der Waals surface area contributed by atoms with Crippen molar-refractivity contribution < 1.29 is 4.42 Å². The summed E-state index contributed by atoms with van der Waals surface area (Å²) in [5.41, 5.74) is 25.1. The highest BCUT2D eigenvalue weighted by atomic mass is 16.3. The second-order valence-electron chi connectivity index (χ2n) is 17.5. The van der Waals surface area contributed by atoms with Crippen molar-refractivity contribution in [3.63, 3.8) is 0 Å². The van der Waals surface area contributed by atoms with Crippen LogP contribution in [0.3, 0.4) is 0 Å². The van der Waals surface area contributed by atoms with Gasteiger partial charge >= 0.3 is 0 Å². The Balaban J connectivity index is 1.10. The number of anilines is 3. The summed E-state index contributed by atoms with van der Waals surface area (Å²) in [6.07, 6.45) is 0.947. The third kappa shape index (κ3) is 4.80. The number of furan rings is 1. The van der Waals surface area contributed by atoms with Crippen LogP contribution >= 0.6 is 0 Å². The topological polar surface area (TPSA) is 16.4 Å². The summed E-state index contributed by atoms with van der Waals surface area (Å²) in [4.78, 5) is 2.45. The van der Waals surface area contributed by atoms with E-state index in [9.17, 15) is 0 Å². The molecule has 0 aliphatic heterocycles. The van der Waals surface area contributed by atoms with Gasteiger partial charge in [0.25, 0.3) is 0 Å². The van der Waals surface area contributed by atoms with Gasteiger partial charge < -0.3 is 9.32 Å². The molecule has 64 heavy (non-hydrogen) atoms. The third-order valence-corrected chi connectivity index (χ3v) is 14.3. The van der Waals surface area contributed by atoms with Crippen molar-refractivity contribution in [3.8, 4) is 55.6 Å². The molecule has 0 bridgehead atoms. The molecule has 2 heteroatoms. The van der Waals surface area contributed by atoms with Gasteiger partial charge in [0.2, 0.25) is 0 Å². The first kappa shape index (κ1) is 35.4. The second-order valence-corrected chi connectivity index (χ2v) is 17.5. The van der Waals surface area contributed by atoms with Crippen LogP contribution in [0.25, 0.3) is 77.6 Å². The summed E-state index contributed by atoms with van der Waals surface area (Å²) < 4.78 is 6.57. The lowest BCUT2D eigenvalue weighted by atomic mass is 9.65. The Hall–Kier alpha value is -8.20. The van der Waals surface area contributed by atoms with Crippen LogP contribution in [0.4, 0.5) is 17.1 Å². The first-order chi connectivity index (χ1) is 31.8. The maximum Gasteiger partial charge on any atom is 0.137 e. The van der Waals surface area contributed by atoms with Gasteiger partial charge in [-0.1, -0.05) is 182 Å². The maximum absolute atomic E-state index is 6.57. The van der Waals surface area contributed by atoms with Gasteiger partial charge in [-0.05, 0) is 138 Å². The Morgan fingerprint density at radius 2 is 0.969 bits per heavy atom. The molecule has 298 valence electrons. The van der Waals surface area contributed by atoms with E-state index in [2.05, 4.69) is 229 Å². The van der Waals surface area contributed by atoms with E-state index in [1.165, 1.54) is 89.0 Å². The van der Waals surface area contributed by atoms with Gasteiger partial charge in [0, 0.05) is 16.8 Å². The number of benzene rings is 10. The van der Waals surface area contributed by atoms with Gasteiger partial charge in [0.05, 0.1) is 16.5 Å². The van der Waals surface area contributed by atoms with Crippen molar-refractivity contribution >= 4 is 39.0 Å². The average Bonchev–Trinajstić information content (AvgIpc) is 4.01. The minimum absolute atomic E-state index is 0.642. The summed E-state index contributed by atoms with van der Waals surface area (Å²) in [6.45, 7) is 0. The highest BCUT2D eigenvalue weighted by Gasteiger charge is 2.51. The average molecular weight is 814 g/mol. The van der Waals surface area contributed by atoms with Gasteiger partial charge in [-0.2, -0.15) is 0 Å². The van der Waals surface area contributed by atoms with E-state index in [0.717, 1.165) is 45.4 Å². The Kier molecular flexibility index (Phi) is 7.41. The van der Waals surface area contributed by atoms with Crippen LogP contribution in [0.2, 0.25) is 0 Å². The van der Waals surface area contributed by atoms with Crippen LogP contribution < -0.4 is 4.90 Å². The Morgan fingerprint density at radius 3 is 1.78 bits per heavy atom. The lowest BCUT2D eigenvalue weighted by Gasteiger charge is -2.36. The van der Waals surface area contributed by atoms with E-state index in [-0.39, 0.29) is 0 Å². The molecule has 3 aliphatic rings. The molecular weight excluding hydrogens is 775 g/mol.